The lowest BCUT2D eigenvalue weighted by atomic mass is 10.6. The SMILES string of the molecule is C[Si](C)(O)CCCS. The fourth-order valence-electron chi connectivity index (χ4n) is 0.512. The van der Waals surface area contributed by atoms with Gasteiger partial charge in [0.15, 0.2) is 8.32 Å². The molecule has 0 aliphatic carbocycles. The monoisotopic (exact) mass is 150 g/mol. The van der Waals surface area contributed by atoms with Crippen LogP contribution >= 0.6 is 12.6 Å². The second-order valence-corrected chi connectivity index (χ2v) is 7.21. The third-order valence-electron chi connectivity index (χ3n) is 0.947. The zero-order valence-corrected chi connectivity index (χ0v) is 7.41. The van der Waals surface area contributed by atoms with Gasteiger partial charge in [0.25, 0.3) is 0 Å². The number of thiol groups is 1. The van der Waals surface area contributed by atoms with Crippen LogP contribution in [-0.2, 0) is 0 Å². The number of hydrogen-bond donors (Lipinski definition) is 2. The molecule has 0 spiro atoms. The second-order valence-electron chi connectivity index (χ2n) is 2.64. The van der Waals surface area contributed by atoms with Crippen LogP contribution in [0.3, 0.4) is 0 Å². The minimum absolute atomic E-state index is 0.900. The Labute approximate surface area is 57.7 Å². The molecule has 0 heterocycles. The minimum Gasteiger partial charge on any atom is -0.432 e. The molecule has 0 aromatic heterocycles. The second kappa shape index (κ2) is 3.53. The van der Waals surface area contributed by atoms with Crippen molar-refractivity contribution in [2.75, 3.05) is 5.75 Å². The maximum atomic E-state index is 9.25. The summed E-state index contributed by atoms with van der Waals surface area (Å²) in [6, 6.07) is 0.983. The summed E-state index contributed by atoms with van der Waals surface area (Å²) in [5, 5.41) is 0. The van der Waals surface area contributed by atoms with Crippen molar-refractivity contribution in [1.29, 1.82) is 0 Å². The number of rotatable bonds is 3. The van der Waals surface area contributed by atoms with Crippen LogP contribution in [0, 0.1) is 0 Å². The molecule has 1 nitrogen and oxygen atoms in total. The highest BCUT2D eigenvalue weighted by molar-refractivity contribution is 7.80. The maximum Gasteiger partial charge on any atom is 0.182 e. The molecule has 0 rings (SSSR count). The van der Waals surface area contributed by atoms with Gasteiger partial charge in [-0.25, -0.2) is 0 Å². The first-order valence-corrected chi connectivity index (χ1v) is 6.68. The smallest absolute Gasteiger partial charge is 0.182 e. The normalized spacial score (nSPS) is 12.0. The first-order chi connectivity index (χ1) is 3.56. The van der Waals surface area contributed by atoms with E-state index >= 15 is 0 Å². The quantitative estimate of drug-likeness (QED) is 0.461. The zero-order valence-electron chi connectivity index (χ0n) is 5.52. The predicted octanol–water partition coefficient (Wildman–Crippen LogP) is 1.50. The fraction of sp³-hybridized carbons (Fsp3) is 1.00. The van der Waals surface area contributed by atoms with E-state index < -0.39 is 8.32 Å². The van der Waals surface area contributed by atoms with Gasteiger partial charge in [-0.3, -0.25) is 0 Å². The van der Waals surface area contributed by atoms with Crippen molar-refractivity contribution < 1.29 is 4.80 Å². The standard InChI is InChI=1S/C5H14OSSi/c1-8(2,6)5-3-4-7/h6-7H,3-5H2,1-2H3. The lowest BCUT2D eigenvalue weighted by molar-refractivity contribution is 0.546. The van der Waals surface area contributed by atoms with Crippen LogP contribution in [-0.4, -0.2) is 18.9 Å². The van der Waals surface area contributed by atoms with Crippen LogP contribution in [0.25, 0.3) is 0 Å². The summed E-state index contributed by atoms with van der Waals surface area (Å²) in [4.78, 5) is 9.25. The first kappa shape index (κ1) is 8.53. The lowest BCUT2D eigenvalue weighted by Gasteiger charge is -2.11. The average Bonchev–Trinajstić information content (AvgIpc) is 1.59. The van der Waals surface area contributed by atoms with Crippen molar-refractivity contribution >= 4 is 20.9 Å². The Kier molecular flexibility index (Phi) is 3.77. The molecule has 50 valence electrons. The van der Waals surface area contributed by atoms with Gasteiger partial charge < -0.3 is 4.80 Å². The molecular weight excluding hydrogens is 136 g/mol. The van der Waals surface area contributed by atoms with Gasteiger partial charge in [-0.1, -0.05) is 0 Å². The van der Waals surface area contributed by atoms with Crippen LogP contribution in [0.1, 0.15) is 6.42 Å². The Hall–Kier alpha value is 0.527. The summed E-state index contributed by atoms with van der Waals surface area (Å²) in [5.74, 6) is 0.900. The Morgan fingerprint density at radius 2 is 2.00 bits per heavy atom. The molecule has 0 aliphatic rings. The summed E-state index contributed by atoms with van der Waals surface area (Å²) < 4.78 is 0. The highest BCUT2D eigenvalue weighted by atomic mass is 32.1. The highest BCUT2D eigenvalue weighted by Gasteiger charge is 2.14. The molecule has 0 fully saturated rings. The predicted molar refractivity (Wildman–Crippen MR) is 43.0 cm³/mol. The Balaban J connectivity index is 3.11. The van der Waals surface area contributed by atoms with Gasteiger partial charge in [0.05, 0.1) is 0 Å². The van der Waals surface area contributed by atoms with Crippen molar-refractivity contribution in [3.05, 3.63) is 0 Å². The molecule has 0 radical (unpaired) electrons. The average molecular weight is 150 g/mol. The molecule has 0 aliphatic heterocycles. The Morgan fingerprint density at radius 3 is 2.12 bits per heavy atom. The maximum absolute atomic E-state index is 9.25. The van der Waals surface area contributed by atoms with Crippen LogP contribution in [0.5, 0.6) is 0 Å². The van der Waals surface area contributed by atoms with E-state index in [1.165, 1.54) is 0 Å². The van der Waals surface area contributed by atoms with Crippen molar-refractivity contribution in [3.63, 3.8) is 0 Å². The summed E-state index contributed by atoms with van der Waals surface area (Å²) in [6.45, 7) is 3.91. The van der Waals surface area contributed by atoms with E-state index in [0.29, 0.717) is 0 Å². The zero-order chi connectivity index (χ0) is 6.62. The fourth-order valence-corrected chi connectivity index (χ4v) is 2.01. The molecule has 0 aromatic carbocycles. The van der Waals surface area contributed by atoms with Crippen LogP contribution in [0.15, 0.2) is 0 Å². The molecule has 0 bridgehead atoms. The molecule has 0 amide bonds. The molecule has 0 aromatic rings. The summed E-state index contributed by atoms with van der Waals surface area (Å²) >= 11 is 4.04. The number of hydrogen-bond acceptors (Lipinski definition) is 2. The topological polar surface area (TPSA) is 20.2 Å². The summed E-state index contributed by atoms with van der Waals surface area (Å²) in [5.41, 5.74) is 0. The van der Waals surface area contributed by atoms with E-state index in [9.17, 15) is 4.80 Å². The molecule has 0 unspecified atom stereocenters. The van der Waals surface area contributed by atoms with E-state index in [2.05, 4.69) is 12.6 Å². The first-order valence-electron chi connectivity index (χ1n) is 2.89. The summed E-state index contributed by atoms with van der Waals surface area (Å²) in [7, 11) is -1.73. The van der Waals surface area contributed by atoms with Gasteiger partial charge in [-0.2, -0.15) is 12.6 Å². The third kappa shape index (κ3) is 6.53. The molecule has 0 saturated heterocycles. The van der Waals surface area contributed by atoms with Crippen LogP contribution in [0.2, 0.25) is 19.1 Å². The van der Waals surface area contributed by atoms with Gasteiger partial charge in [0.2, 0.25) is 0 Å². The minimum atomic E-state index is -1.73. The van der Waals surface area contributed by atoms with E-state index in [4.69, 9.17) is 0 Å². The Bertz CT molecular complexity index is 59.9. The lowest BCUT2D eigenvalue weighted by Crippen LogP contribution is -2.24. The van der Waals surface area contributed by atoms with Gasteiger partial charge in [0, 0.05) is 0 Å². The van der Waals surface area contributed by atoms with E-state index in [-0.39, 0.29) is 0 Å². The summed E-state index contributed by atoms with van der Waals surface area (Å²) in [6.07, 6.45) is 1.05. The van der Waals surface area contributed by atoms with E-state index in [1.54, 1.807) is 0 Å². The van der Waals surface area contributed by atoms with E-state index in [1.807, 2.05) is 13.1 Å². The molecular formula is C5H14OSSi. The highest BCUT2D eigenvalue weighted by Crippen LogP contribution is 2.07. The van der Waals surface area contributed by atoms with E-state index in [0.717, 1.165) is 18.2 Å². The van der Waals surface area contributed by atoms with Crippen molar-refractivity contribution in [1.82, 2.24) is 0 Å². The third-order valence-corrected chi connectivity index (χ3v) is 2.84. The van der Waals surface area contributed by atoms with Gasteiger partial charge >= 0.3 is 0 Å². The largest absolute Gasteiger partial charge is 0.432 e. The van der Waals surface area contributed by atoms with Gasteiger partial charge in [0.1, 0.15) is 0 Å². The molecule has 8 heavy (non-hydrogen) atoms. The molecule has 0 saturated carbocycles. The van der Waals surface area contributed by atoms with Crippen LogP contribution < -0.4 is 0 Å². The van der Waals surface area contributed by atoms with Gasteiger partial charge in [-0.05, 0) is 31.3 Å². The molecule has 0 atom stereocenters. The van der Waals surface area contributed by atoms with Crippen LogP contribution in [0.4, 0.5) is 0 Å². The van der Waals surface area contributed by atoms with Gasteiger partial charge in [-0.15, -0.1) is 0 Å². The Morgan fingerprint density at radius 1 is 1.50 bits per heavy atom. The van der Waals surface area contributed by atoms with Crippen molar-refractivity contribution in [2.24, 2.45) is 0 Å². The molecule has 1 N–H and O–H groups in total. The van der Waals surface area contributed by atoms with Crippen molar-refractivity contribution in [3.8, 4) is 0 Å². The molecule has 3 heteroatoms. The van der Waals surface area contributed by atoms with Crippen molar-refractivity contribution in [2.45, 2.75) is 25.6 Å².